The number of nitrogens with one attached hydrogen (secondary N) is 1. The number of benzene rings is 1. The number of carbonyl (C=O) groups excluding carboxylic acids is 1. The van der Waals surface area contributed by atoms with Gasteiger partial charge in [0, 0.05) is 28.7 Å². The summed E-state index contributed by atoms with van der Waals surface area (Å²) in [6.45, 7) is 2.94. The predicted molar refractivity (Wildman–Crippen MR) is 98.3 cm³/mol. The van der Waals surface area contributed by atoms with Crippen molar-refractivity contribution in [1.29, 1.82) is 0 Å². The third kappa shape index (κ3) is 4.97. The molecule has 3 unspecified atom stereocenters. The van der Waals surface area contributed by atoms with Gasteiger partial charge < -0.3 is 10.2 Å². The first kappa shape index (κ1) is 18.3. The smallest absolute Gasteiger partial charge is 0.252 e. The van der Waals surface area contributed by atoms with Crippen LogP contribution in [0.5, 0.6) is 0 Å². The molecule has 1 N–H and O–H groups in total. The molecule has 2 rings (SSSR count). The molecule has 0 bridgehead atoms. The van der Waals surface area contributed by atoms with Gasteiger partial charge in [-0.1, -0.05) is 36.7 Å². The van der Waals surface area contributed by atoms with Crippen LogP contribution in [-0.2, 0) is 4.79 Å². The molecule has 1 aromatic carbocycles. The van der Waals surface area contributed by atoms with Crippen LogP contribution in [0.15, 0.2) is 41.9 Å². The largest absolute Gasteiger partial charge is 0.312 e. The lowest BCUT2D eigenvalue weighted by Crippen LogP contribution is -2.52. The molecule has 23 heavy (non-hydrogen) atoms. The number of rotatable bonds is 5. The fraction of sp³-hybridized carbons (Fsp3) is 0.500. The van der Waals surface area contributed by atoms with E-state index in [0.29, 0.717) is 0 Å². The lowest BCUT2D eigenvalue weighted by Gasteiger charge is -2.36. The Morgan fingerprint density at radius 1 is 1.35 bits per heavy atom. The van der Waals surface area contributed by atoms with Crippen LogP contribution in [0.25, 0.3) is 0 Å². The van der Waals surface area contributed by atoms with Gasteiger partial charge in [0.15, 0.2) is 0 Å². The first-order valence-corrected chi connectivity index (χ1v) is 9.07. The maximum absolute atomic E-state index is 12.7. The van der Waals surface area contributed by atoms with Gasteiger partial charge in [-0.15, -0.1) is 11.6 Å². The van der Waals surface area contributed by atoms with Crippen molar-refractivity contribution in [1.82, 2.24) is 5.32 Å². The molecule has 0 spiro atoms. The van der Waals surface area contributed by atoms with Gasteiger partial charge in [-0.2, -0.15) is 0 Å². The topological polar surface area (TPSA) is 32.3 Å². The third-order valence-corrected chi connectivity index (χ3v) is 4.79. The van der Waals surface area contributed by atoms with Crippen molar-refractivity contribution in [2.75, 3.05) is 11.4 Å². The zero-order valence-corrected chi connectivity index (χ0v) is 14.9. The number of carbonyl (C=O) groups is 1. The summed E-state index contributed by atoms with van der Waals surface area (Å²) < 4.78 is 0. The van der Waals surface area contributed by atoms with E-state index in [1.807, 2.05) is 35.2 Å². The maximum Gasteiger partial charge on any atom is 0.252 e. The van der Waals surface area contributed by atoms with Gasteiger partial charge in [-0.3, -0.25) is 4.79 Å². The molecular weight excluding hydrogens is 331 g/mol. The van der Waals surface area contributed by atoms with Gasteiger partial charge in [0.05, 0.1) is 6.04 Å². The molecule has 1 aromatic rings. The molecule has 126 valence electrons. The van der Waals surface area contributed by atoms with Crippen molar-refractivity contribution in [3.8, 4) is 0 Å². The van der Waals surface area contributed by atoms with Crippen molar-refractivity contribution < 1.29 is 4.79 Å². The van der Waals surface area contributed by atoms with Crippen molar-refractivity contribution in [2.24, 2.45) is 0 Å². The number of alkyl halides is 1. The molecule has 0 aromatic heterocycles. The molecule has 0 saturated heterocycles. The van der Waals surface area contributed by atoms with Crippen LogP contribution < -0.4 is 10.2 Å². The summed E-state index contributed by atoms with van der Waals surface area (Å²) in [7, 11) is 0. The summed E-state index contributed by atoms with van der Waals surface area (Å²) >= 11 is 12.1. The molecule has 0 aliphatic heterocycles. The summed E-state index contributed by atoms with van der Waals surface area (Å²) in [6.07, 6.45) is 5.21. The lowest BCUT2D eigenvalue weighted by atomic mass is 9.99. The number of anilines is 1. The zero-order chi connectivity index (χ0) is 16.7. The Hall–Kier alpha value is -1.03. The minimum absolute atomic E-state index is 0.0708. The van der Waals surface area contributed by atoms with E-state index < -0.39 is 0 Å². The molecule has 3 atom stereocenters. The maximum atomic E-state index is 12.7. The Kier molecular flexibility index (Phi) is 7.41. The first-order chi connectivity index (χ1) is 11.2. The average Bonchev–Trinajstić information content (AvgIpc) is 2.71. The Morgan fingerprint density at radius 2 is 2.09 bits per heavy atom. The zero-order valence-electron chi connectivity index (χ0n) is 13.4. The highest BCUT2D eigenvalue weighted by molar-refractivity contribution is 6.27. The van der Waals surface area contributed by atoms with Crippen LogP contribution in [0.1, 0.15) is 32.6 Å². The Balaban J connectivity index is 2.36. The van der Waals surface area contributed by atoms with Crippen LogP contribution in [-0.4, -0.2) is 29.9 Å². The van der Waals surface area contributed by atoms with E-state index in [4.69, 9.17) is 23.2 Å². The fourth-order valence-corrected chi connectivity index (χ4v) is 3.75. The molecular formula is C18H24Cl2N2O. The number of halogens is 2. The molecule has 1 amide bonds. The number of amides is 1. The second-order valence-electron chi connectivity index (χ2n) is 5.83. The number of hydrogen-bond donors (Lipinski definition) is 1. The van der Waals surface area contributed by atoms with E-state index in [0.717, 1.165) is 37.9 Å². The molecule has 3 nitrogen and oxygen atoms in total. The molecule has 1 saturated carbocycles. The van der Waals surface area contributed by atoms with Gasteiger partial charge in [0.25, 0.3) is 5.91 Å². The molecule has 1 fully saturated rings. The Labute approximate surface area is 148 Å². The van der Waals surface area contributed by atoms with E-state index >= 15 is 0 Å². The van der Waals surface area contributed by atoms with E-state index in [9.17, 15) is 4.79 Å². The molecule has 1 aliphatic carbocycles. The van der Waals surface area contributed by atoms with Crippen molar-refractivity contribution in [3.63, 3.8) is 0 Å². The average molecular weight is 355 g/mol. The third-order valence-electron chi connectivity index (χ3n) is 4.27. The monoisotopic (exact) mass is 354 g/mol. The van der Waals surface area contributed by atoms with Gasteiger partial charge in [-0.05, 0) is 44.4 Å². The summed E-state index contributed by atoms with van der Waals surface area (Å²) in [6, 6.07) is 10.0. The normalized spacial score (nSPS) is 25.3. The van der Waals surface area contributed by atoms with Crippen LogP contribution in [0.4, 0.5) is 5.69 Å². The van der Waals surface area contributed by atoms with Gasteiger partial charge in [0.1, 0.15) is 0 Å². The molecule has 0 heterocycles. The molecule has 0 radical (unpaired) electrons. The number of para-hydroxylation sites is 1. The summed E-state index contributed by atoms with van der Waals surface area (Å²) in [4.78, 5) is 14.5. The number of hydrogen-bond acceptors (Lipinski definition) is 2. The second kappa shape index (κ2) is 9.31. The summed E-state index contributed by atoms with van der Waals surface area (Å²) in [5.41, 5.74) is 2.18. The quantitative estimate of drug-likeness (QED) is 0.485. The summed E-state index contributed by atoms with van der Waals surface area (Å²) in [5, 5.41) is 3.67. The SMILES string of the molecule is CCNC1CC(Cl)CCCC1N(C(=O)C=CCl)c1ccccc1. The molecule has 1 aliphatic rings. The van der Waals surface area contributed by atoms with Crippen LogP contribution >= 0.6 is 23.2 Å². The highest BCUT2D eigenvalue weighted by Gasteiger charge is 2.33. The van der Waals surface area contributed by atoms with Gasteiger partial charge in [-0.25, -0.2) is 0 Å². The van der Waals surface area contributed by atoms with Crippen molar-refractivity contribution >= 4 is 34.8 Å². The first-order valence-electron chi connectivity index (χ1n) is 8.19. The highest BCUT2D eigenvalue weighted by Crippen LogP contribution is 2.29. The van der Waals surface area contributed by atoms with E-state index in [1.54, 1.807) is 0 Å². The Bertz CT molecular complexity index is 521. The van der Waals surface area contributed by atoms with Crippen LogP contribution in [0.2, 0.25) is 0 Å². The second-order valence-corrected chi connectivity index (χ2v) is 6.70. The van der Waals surface area contributed by atoms with E-state index in [-0.39, 0.29) is 23.4 Å². The predicted octanol–water partition coefficient (Wildman–Crippen LogP) is 4.30. The van der Waals surface area contributed by atoms with E-state index in [2.05, 4.69) is 12.2 Å². The minimum Gasteiger partial charge on any atom is -0.312 e. The Morgan fingerprint density at radius 3 is 2.74 bits per heavy atom. The standard InChI is InChI=1S/C18H24Cl2N2O/c1-2-21-16-13-14(20)7-6-10-17(16)22(18(23)11-12-19)15-8-4-3-5-9-15/h3-5,8-9,11-12,14,16-17,21H,2,6-7,10,13H2,1H3. The molecule has 5 heteroatoms. The highest BCUT2D eigenvalue weighted by atomic mass is 35.5. The van der Waals surface area contributed by atoms with Gasteiger partial charge in [0.2, 0.25) is 0 Å². The van der Waals surface area contributed by atoms with Crippen molar-refractivity contribution in [2.45, 2.75) is 50.1 Å². The van der Waals surface area contributed by atoms with Gasteiger partial charge >= 0.3 is 0 Å². The van der Waals surface area contributed by atoms with Crippen LogP contribution in [0, 0.1) is 0 Å². The number of likely N-dealkylation sites (N-methyl/N-ethyl adjacent to an activating group) is 1. The van der Waals surface area contributed by atoms with Crippen molar-refractivity contribution in [3.05, 3.63) is 41.9 Å². The van der Waals surface area contributed by atoms with Crippen LogP contribution in [0.3, 0.4) is 0 Å². The van der Waals surface area contributed by atoms with E-state index in [1.165, 1.54) is 11.6 Å². The minimum atomic E-state index is -0.0906. The lowest BCUT2D eigenvalue weighted by molar-refractivity contribution is -0.114. The fourth-order valence-electron chi connectivity index (χ4n) is 3.30. The summed E-state index contributed by atoms with van der Waals surface area (Å²) in [5.74, 6) is -0.0906. The number of nitrogens with zero attached hydrogens (tertiary/aromatic N) is 1.